The molecule has 4 aromatic rings. The van der Waals surface area contributed by atoms with Gasteiger partial charge in [0.2, 0.25) is 0 Å². The number of amides is 1. The van der Waals surface area contributed by atoms with Crippen molar-refractivity contribution in [3.05, 3.63) is 60.3 Å². The Balaban J connectivity index is 1.24. The van der Waals surface area contributed by atoms with Crippen molar-refractivity contribution in [2.75, 3.05) is 20.1 Å². The minimum atomic E-state index is -0.0468. The summed E-state index contributed by atoms with van der Waals surface area (Å²) in [5.74, 6) is -0.0468. The lowest BCUT2D eigenvalue weighted by molar-refractivity contribution is 0.0950. The largest absolute Gasteiger partial charge is 0.352 e. The van der Waals surface area contributed by atoms with E-state index in [1.54, 1.807) is 4.68 Å². The second-order valence-corrected chi connectivity index (χ2v) is 8.03. The number of hydrogen-bond acceptors (Lipinski definition) is 5. The fourth-order valence-corrected chi connectivity index (χ4v) is 4.22. The number of carbonyl (C=O) groups is 1. The summed E-state index contributed by atoms with van der Waals surface area (Å²) in [4.78, 5) is 14.8. The van der Waals surface area contributed by atoms with Crippen molar-refractivity contribution >= 4 is 16.8 Å². The van der Waals surface area contributed by atoms with Crippen LogP contribution in [0.1, 0.15) is 29.6 Å². The molecule has 1 aliphatic heterocycles. The molecule has 3 heterocycles. The Morgan fingerprint density at radius 2 is 2.03 bits per heavy atom. The number of nitrogens with zero attached hydrogens (tertiary/aromatic N) is 5. The van der Waals surface area contributed by atoms with Gasteiger partial charge in [-0.25, -0.2) is 4.68 Å². The first kappa shape index (κ1) is 19.4. The monoisotopic (exact) mass is 415 g/mol. The molecular weight excluding hydrogens is 390 g/mol. The molecule has 2 N–H and O–H groups in total. The molecule has 0 aliphatic carbocycles. The number of likely N-dealkylation sites (tertiary alicyclic amines) is 1. The summed E-state index contributed by atoms with van der Waals surface area (Å²) >= 11 is 0. The van der Waals surface area contributed by atoms with E-state index in [4.69, 9.17) is 0 Å². The van der Waals surface area contributed by atoms with E-state index in [2.05, 4.69) is 37.8 Å². The van der Waals surface area contributed by atoms with E-state index < -0.39 is 0 Å². The third kappa shape index (κ3) is 3.94. The maximum atomic E-state index is 12.5. The molecule has 1 saturated heterocycles. The molecule has 0 spiro atoms. The van der Waals surface area contributed by atoms with Crippen molar-refractivity contribution in [3.8, 4) is 17.1 Å². The first-order valence-corrected chi connectivity index (χ1v) is 10.6. The van der Waals surface area contributed by atoms with Gasteiger partial charge < -0.3 is 10.2 Å². The Hall–Kier alpha value is -3.52. The van der Waals surface area contributed by atoms with Gasteiger partial charge in [-0.1, -0.05) is 23.4 Å². The predicted molar refractivity (Wildman–Crippen MR) is 119 cm³/mol. The molecule has 0 saturated carbocycles. The van der Waals surface area contributed by atoms with Crippen LogP contribution < -0.4 is 5.32 Å². The van der Waals surface area contributed by atoms with Gasteiger partial charge in [0, 0.05) is 23.5 Å². The number of carbonyl (C=O) groups excluding carboxylic acids is 1. The van der Waals surface area contributed by atoms with Crippen molar-refractivity contribution in [1.82, 2.24) is 35.4 Å². The zero-order chi connectivity index (χ0) is 21.2. The van der Waals surface area contributed by atoms with E-state index in [0.717, 1.165) is 35.2 Å². The Bertz CT molecular complexity index is 1190. The molecule has 2 aromatic carbocycles. The lowest BCUT2D eigenvalue weighted by atomic mass is 10.1. The minimum Gasteiger partial charge on any atom is -0.352 e. The molecule has 1 unspecified atom stereocenters. The van der Waals surface area contributed by atoms with E-state index in [0.29, 0.717) is 23.8 Å². The van der Waals surface area contributed by atoms with Gasteiger partial charge in [-0.15, -0.1) is 5.10 Å². The number of rotatable bonds is 6. The molecule has 1 fully saturated rings. The van der Waals surface area contributed by atoms with Crippen LogP contribution >= 0.6 is 0 Å². The van der Waals surface area contributed by atoms with Crippen LogP contribution in [0.2, 0.25) is 0 Å². The van der Waals surface area contributed by atoms with Crippen LogP contribution in [0.4, 0.5) is 0 Å². The molecule has 158 valence electrons. The number of nitrogens with one attached hydrogen (secondary N) is 2. The van der Waals surface area contributed by atoms with Crippen LogP contribution in [0.15, 0.2) is 54.7 Å². The summed E-state index contributed by atoms with van der Waals surface area (Å²) in [6.45, 7) is 1.85. The quantitative estimate of drug-likeness (QED) is 0.505. The van der Waals surface area contributed by atoms with Crippen molar-refractivity contribution in [1.29, 1.82) is 0 Å². The second-order valence-electron chi connectivity index (χ2n) is 8.03. The molecule has 0 bridgehead atoms. The fourth-order valence-electron chi connectivity index (χ4n) is 4.22. The zero-order valence-electron chi connectivity index (χ0n) is 17.5. The number of para-hydroxylation sites is 1. The number of hydrogen-bond donors (Lipinski definition) is 2. The average Bonchev–Trinajstić information content (AvgIpc) is 3.53. The van der Waals surface area contributed by atoms with E-state index in [9.17, 15) is 4.79 Å². The summed E-state index contributed by atoms with van der Waals surface area (Å²) in [7, 11) is 2.16. The van der Waals surface area contributed by atoms with Crippen LogP contribution in [-0.2, 0) is 0 Å². The molecular formula is C23H25N7O. The maximum absolute atomic E-state index is 12.5. The van der Waals surface area contributed by atoms with Gasteiger partial charge in [-0.2, -0.15) is 5.10 Å². The first-order valence-electron chi connectivity index (χ1n) is 10.6. The third-order valence-corrected chi connectivity index (χ3v) is 6.04. The molecule has 31 heavy (non-hydrogen) atoms. The van der Waals surface area contributed by atoms with E-state index in [1.165, 1.54) is 12.8 Å². The van der Waals surface area contributed by atoms with Crippen molar-refractivity contribution in [3.63, 3.8) is 0 Å². The van der Waals surface area contributed by atoms with Gasteiger partial charge in [0.1, 0.15) is 11.4 Å². The molecule has 0 radical (unpaired) electrons. The maximum Gasteiger partial charge on any atom is 0.251 e. The van der Waals surface area contributed by atoms with Crippen molar-refractivity contribution in [2.24, 2.45) is 0 Å². The van der Waals surface area contributed by atoms with Crippen LogP contribution in [0.5, 0.6) is 0 Å². The number of fused-ring (bicyclic) bond motifs is 1. The lowest BCUT2D eigenvalue weighted by Crippen LogP contribution is -2.31. The summed E-state index contributed by atoms with van der Waals surface area (Å²) in [5, 5.41) is 19.9. The highest BCUT2D eigenvalue weighted by atomic mass is 16.1. The van der Waals surface area contributed by atoms with Gasteiger partial charge in [0.05, 0.1) is 17.4 Å². The predicted octanol–water partition coefficient (Wildman–Crippen LogP) is 3.02. The van der Waals surface area contributed by atoms with Gasteiger partial charge in [-0.05, 0) is 63.2 Å². The summed E-state index contributed by atoms with van der Waals surface area (Å²) < 4.78 is 1.69. The smallest absolute Gasteiger partial charge is 0.251 e. The Kier molecular flexibility index (Phi) is 5.21. The summed E-state index contributed by atoms with van der Waals surface area (Å²) in [5.41, 5.74) is 3.90. The SMILES string of the molecule is CN1CCCC1CCNC(=O)c1ccc(-n2cc(-c3n[nH]c4ccccc34)nn2)cc1. The fraction of sp³-hybridized carbons (Fsp3) is 0.304. The van der Waals surface area contributed by atoms with Crippen molar-refractivity contribution < 1.29 is 4.79 Å². The Morgan fingerprint density at radius 1 is 1.19 bits per heavy atom. The van der Waals surface area contributed by atoms with Gasteiger partial charge in [-0.3, -0.25) is 9.89 Å². The van der Waals surface area contributed by atoms with Gasteiger partial charge >= 0.3 is 0 Å². The summed E-state index contributed by atoms with van der Waals surface area (Å²) in [6, 6.07) is 15.9. The summed E-state index contributed by atoms with van der Waals surface area (Å²) in [6.07, 6.45) is 5.30. The topological polar surface area (TPSA) is 91.7 Å². The Labute approximate surface area is 180 Å². The third-order valence-electron chi connectivity index (χ3n) is 6.04. The molecule has 2 aromatic heterocycles. The number of benzene rings is 2. The highest BCUT2D eigenvalue weighted by molar-refractivity contribution is 5.94. The molecule has 8 heteroatoms. The van der Waals surface area contributed by atoms with E-state index in [1.807, 2.05) is 54.7 Å². The van der Waals surface area contributed by atoms with Crippen LogP contribution in [-0.4, -0.2) is 62.2 Å². The number of H-pyrrole nitrogens is 1. The number of aromatic nitrogens is 5. The molecule has 1 aliphatic rings. The normalized spacial score (nSPS) is 16.7. The zero-order valence-corrected chi connectivity index (χ0v) is 17.5. The molecule has 1 amide bonds. The molecule has 5 rings (SSSR count). The molecule has 8 nitrogen and oxygen atoms in total. The van der Waals surface area contributed by atoms with Gasteiger partial charge in [0.25, 0.3) is 5.91 Å². The van der Waals surface area contributed by atoms with E-state index >= 15 is 0 Å². The van der Waals surface area contributed by atoms with Crippen molar-refractivity contribution in [2.45, 2.75) is 25.3 Å². The lowest BCUT2D eigenvalue weighted by Gasteiger charge is -2.19. The first-order chi connectivity index (χ1) is 15.2. The Morgan fingerprint density at radius 3 is 2.84 bits per heavy atom. The number of aromatic amines is 1. The van der Waals surface area contributed by atoms with Gasteiger partial charge in [0.15, 0.2) is 0 Å². The van der Waals surface area contributed by atoms with Crippen LogP contribution in [0.3, 0.4) is 0 Å². The van der Waals surface area contributed by atoms with E-state index in [-0.39, 0.29) is 5.91 Å². The highest BCUT2D eigenvalue weighted by Gasteiger charge is 2.20. The molecule has 1 atom stereocenters. The highest BCUT2D eigenvalue weighted by Crippen LogP contribution is 2.24. The average molecular weight is 416 g/mol. The minimum absolute atomic E-state index is 0.0468. The standard InChI is InChI=1S/C23H25N7O/c1-29-14-4-5-17(29)12-13-24-23(31)16-8-10-18(11-9-16)30-15-21(26-28-30)22-19-6-2-3-7-20(19)25-27-22/h2-3,6-11,15,17H,4-5,12-14H2,1H3,(H,24,31)(H,25,27). The second kappa shape index (κ2) is 8.31. The van der Waals surface area contributed by atoms with Crippen LogP contribution in [0, 0.1) is 0 Å². The van der Waals surface area contributed by atoms with Crippen LogP contribution in [0.25, 0.3) is 28.0 Å².